The SMILES string of the molecule is CC1=C(c2ccccc2F)C(=O)N(C(C)(C)c2cccc(Cl)c2)C1. The van der Waals surface area contributed by atoms with Gasteiger partial charge in [0.25, 0.3) is 5.91 Å². The second-order valence-corrected chi connectivity index (χ2v) is 7.03. The first-order valence-electron chi connectivity index (χ1n) is 7.85. The van der Waals surface area contributed by atoms with Gasteiger partial charge in [0, 0.05) is 17.1 Å². The van der Waals surface area contributed by atoms with Crippen LogP contribution in [0.2, 0.25) is 5.02 Å². The highest BCUT2D eigenvalue weighted by atomic mass is 35.5. The average Bonchev–Trinajstić information content (AvgIpc) is 2.84. The maximum Gasteiger partial charge on any atom is 0.255 e. The Morgan fingerprint density at radius 2 is 1.83 bits per heavy atom. The van der Waals surface area contributed by atoms with Gasteiger partial charge in [-0.2, -0.15) is 0 Å². The average molecular weight is 344 g/mol. The number of hydrogen-bond acceptors (Lipinski definition) is 1. The maximum absolute atomic E-state index is 14.2. The number of carbonyl (C=O) groups excluding carboxylic acids is 1. The van der Waals surface area contributed by atoms with Gasteiger partial charge >= 0.3 is 0 Å². The number of carbonyl (C=O) groups is 1. The zero-order valence-corrected chi connectivity index (χ0v) is 14.7. The van der Waals surface area contributed by atoms with Crippen LogP contribution in [-0.2, 0) is 10.3 Å². The second kappa shape index (κ2) is 6.06. The molecule has 3 rings (SSSR count). The van der Waals surface area contributed by atoms with Crippen molar-refractivity contribution < 1.29 is 9.18 Å². The quantitative estimate of drug-likeness (QED) is 0.765. The van der Waals surface area contributed by atoms with Crippen LogP contribution < -0.4 is 0 Å². The third kappa shape index (κ3) is 2.73. The van der Waals surface area contributed by atoms with E-state index in [4.69, 9.17) is 11.6 Å². The Kier molecular flexibility index (Phi) is 4.22. The lowest BCUT2D eigenvalue weighted by molar-refractivity contribution is -0.128. The van der Waals surface area contributed by atoms with Crippen molar-refractivity contribution in [3.05, 3.63) is 76.1 Å². The highest BCUT2D eigenvalue weighted by molar-refractivity contribution is 6.30. The van der Waals surface area contributed by atoms with Crippen LogP contribution in [0.1, 0.15) is 31.9 Å². The zero-order chi connectivity index (χ0) is 17.5. The van der Waals surface area contributed by atoms with Crippen LogP contribution in [0.15, 0.2) is 54.1 Å². The molecule has 4 heteroatoms. The van der Waals surface area contributed by atoms with Crippen molar-refractivity contribution in [3.63, 3.8) is 0 Å². The van der Waals surface area contributed by atoms with Crippen molar-refractivity contribution in [2.24, 2.45) is 0 Å². The molecule has 0 aliphatic carbocycles. The summed E-state index contributed by atoms with van der Waals surface area (Å²) in [5.74, 6) is -0.523. The van der Waals surface area contributed by atoms with Crippen molar-refractivity contribution in [3.8, 4) is 0 Å². The molecule has 24 heavy (non-hydrogen) atoms. The predicted molar refractivity (Wildman–Crippen MR) is 95.2 cm³/mol. The summed E-state index contributed by atoms with van der Waals surface area (Å²) in [6, 6.07) is 13.9. The monoisotopic (exact) mass is 343 g/mol. The fraction of sp³-hybridized carbons (Fsp3) is 0.250. The number of halogens is 2. The van der Waals surface area contributed by atoms with E-state index in [2.05, 4.69) is 0 Å². The third-order valence-electron chi connectivity index (χ3n) is 4.63. The lowest BCUT2D eigenvalue weighted by Crippen LogP contribution is -2.43. The molecule has 1 amide bonds. The Bertz CT molecular complexity index is 841. The van der Waals surface area contributed by atoms with E-state index in [1.165, 1.54) is 6.07 Å². The highest BCUT2D eigenvalue weighted by Gasteiger charge is 2.40. The van der Waals surface area contributed by atoms with E-state index < -0.39 is 5.54 Å². The Labute approximate surface area is 146 Å². The van der Waals surface area contributed by atoms with Gasteiger partial charge < -0.3 is 4.90 Å². The molecule has 2 aromatic rings. The normalized spacial score (nSPS) is 15.4. The van der Waals surface area contributed by atoms with E-state index in [9.17, 15) is 9.18 Å². The van der Waals surface area contributed by atoms with Gasteiger partial charge in [-0.3, -0.25) is 4.79 Å². The molecular weight excluding hydrogens is 325 g/mol. The Balaban J connectivity index is 1.99. The Morgan fingerprint density at radius 1 is 1.12 bits per heavy atom. The van der Waals surface area contributed by atoms with Crippen LogP contribution in [0.4, 0.5) is 4.39 Å². The number of rotatable bonds is 3. The zero-order valence-electron chi connectivity index (χ0n) is 13.9. The molecule has 2 aromatic carbocycles. The summed E-state index contributed by atoms with van der Waals surface area (Å²) in [6.45, 7) is 6.32. The molecule has 0 spiro atoms. The molecule has 0 fully saturated rings. The summed E-state index contributed by atoms with van der Waals surface area (Å²) in [5, 5.41) is 0.631. The first-order chi connectivity index (χ1) is 11.3. The predicted octanol–water partition coefficient (Wildman–Crippen LogP) is 5.03. The van der Waals surface area contributed by atoms with Crippen LogP contribution in [0.25, 0.3) is 5.57 Å². The molecule has 1 aliphatic rings. The first kappa shape index (κ1) is 16.7. The molecule has 2 nitrogen and oxygen atoms in total. The minimum Gasteiger partial charge on any atom is -0.325 e. The fourth-order valence-corrected chi connectivity index (χ4v) is 3.38. The third-order valence-corrected chi connectivity index (χ3v) is 4.87. The van der Waals surface area contributed by atoms with E-state index in [-0.39, 0.29) is 11.7 Å². The lowest BCUT2D eigenvalue weighted by Gasteiger charge is -2.36. The topological polar surface area (TPSA) is 20.3 Å². The Hall–Kier alpha value is -2.13. The van der Waals surface area contributed by atoms with Gasteiger partial charge in [0.05, 0.1) is 11.1 Å². The molecule has 0 aromatic heterocycles. The molecule has 0 unspecified atom stereocenters. The van der Waals surface area contributed by atoms with E-state index in [1.54, 1.807) is 29.2 Å². The largest absolute Gasteiger partial charge is 0.325 e. The molecule has 1 heterocycles. The minimum absolute atomic E-state index is 0.150. The van der Waals surface area contributed by atoms with E-state index in [1.807, 2.05) is 39.0 Å². The van der Waals surface area contributed by atoms with Crippen molar-refractivity contribution in [1.82, 2.24) is 4.90 Å². The second-order valence-electron chi connectivity index (χ2n) is 6.60. The summed E-state index contributed by atoms with van der Waals surface area (Å²) in [7, 11) is 0. The summed E-state index contributed by atoms with van der Waals surface area (Å²) in [4.78, 5) is 14.8. The molecule has 0 bridgehead atoms. The number of amides is 1. The van der Waals surface area contributed by atoms with E-state index >= 15 is 0 Å². The standard InChI is InChI=1S/C20H19ClFNO/c1-13-12-23(20(2,3)14-7-6-8-15(21)11-14)19(24)18(13)16-9-4-5-10-17(16)22/h4-11H,12H2,1-3H3. The van der Waals surface area contributed by atoms with Crippen LogP contribution in [0.3, 0.4) is 0 Å². The van der Waals surface area contributed by atoms with Gasteiger partial charge in [-0.1, -0.05) is 41.9 Å². The van der Waals surface area contributed by atoms with Crippen LogP contribution in [0.5, 0.6) is 0 Å². The van der Waals surface area contributed by atoms with Crippen LogP contribution in [-0.4, -0.2) is 17.4 Å². The number of benzene rings is 2. The molecule has 124 valence electrons. The Morgan fingerprint density at radius 3 is 2.50 bits per heavy atom. The smallest absolute Gasteiger partial charge is 0.255 e. The van der Waals surface area contributed by atoms with Gasteiger partial charge in [0.1, 0.15) is 5.82 Å². The van der Waals surface area contributed by atoms with Crippen molar-refractivity contribution >= 4 is 23.1 Å². The number of nitrogens with zero attached hydrogens (tertiary/aromatic N) is 1. The lowest BCUT2D eigenvalue weighted by atomic mass is 9.92. The summed E-state index contributed by atoms with van der Waals surface area (Å²) >= 11 is 6.10. The molecule has 0 saturated heterocycles. The van der Waals surface area contributed by atoms with Gasteiger partial charge in [0.15, 0.2) is 0 Å². The fourth-order valence-electron chi connectivity index (χ4n) is 3.19. The molecule has 1 aliphatic heterocycles. The molecular formula is C20H19ClFNO. The van der Waals surface area contributed by atoms with Gasteiger partial charge in [-0.15, -0.1) is 0 Å². The van der Waals surface area contributed by atoms with Crippen molar-refractivity contribution in [2.45, 2.75) is 26.3 Å². The molecule has 0 radical (unpaired) electrons. The van der Waals surface area contributed by atoms with Crippen LogP contribution in [0, 0.1) is 5.82 Å². The minimum atomic E-state index is -0.545. The number of hydrogen-bond donors (Lipinski definition) is 0. The summed E-state index contributed by atoms with van der Waals surface area (Å²) in [5.41, 5.74) is 2.11. The summed E-state index contributed by atoms with van der Waals surface area (Å²) in [6.07, 6.45) is 0. The van der Waals surface area contributed by atoms with Gasteiger partial charge in [-0.25, -0.2) is 4.39 Å². The van der Waals surface area contributed by atoms with Crippen molar-refractivity contribution in [2.75, 3.05) is 6.54 Å². The highest BCUT2D eigenvalue weighted by Crippen LogP contribution is 2.38. The maximum atomic E-state index is 14.2. The van der Waals surface area contributed by atoms with Crippen molar-refractivity contribution in [1.29, 1.82) is 0 Å². The molecule has 0 N–H and O–H groups in total. The van der Waals surface area contributed by atoms with E-state index in [0.717, 1.165) is 11.1 Å². The van der Waals surface area contributed by atoms with E-state index in [0.29, 0.717) is 22.7 Å². The van der Waals surface area contributed by atoms with Gasteiger partial charge in [-0.05, 0) is 50.1 Å². The van der Waals surface area contributed by atoms with Gasteiger partial charge in [0.2, 0.25) is 0 Å². The van der Waals surface area contributed by atoms with Crippen LogP contribution >= 0.6 is 11.6 Å². The summed E-state index contributed by atoms with van der Waals surface area (Å²) < 4.78 is 14.2. The molecule has 0 saturated carbocycles. The first-order valence-corrected chi connectivity index (χ1v) is 8.23. The molecule has 0 atom stereocenters.